The van der Waals surface area contributed by atoms with Crippen molar-refractivity contribution in [1.29, 1.82) is 5.26 Å². The monoisotopic (exact) mass is 430 g/mol. The number of carbonyl (C=O) groups excluding carboxylic acids is 1. The Morgan fingerprint density at radius 1 is 1.40 bits per heavy atom. The highest BCUT2D eigenvalue weighted by Crippen LogP contribution is 2.39. The summed E-state index contributed by atoms with van der Waals surface area (Å²) in [5, 5.41) is 13.8. The maximum absolute atomic E-state index is 13.1. The second kappa shape index (κ2) is 9.00. The number of hydrogen-bond donors (Lipinski definition) is 0. The van der Waals surface area contributed by atoms with Crippen LogP contribution in [0.3, 0.4) is 0 Å². The van der Waals surface area contributed by atoms with Crippen molar-refractivity contribution >= 4 is 17.7 Å². The van der Waals surface area contributed by atoms with Gasteiger partial charge in [-0.25, -0.2) is 19.4 Å². The van der Waals surface area contributed by atoms with Gasteiger partial charge in [-0.1, -0.05) is 0 Å². The predicted octanol–water partition coefficient (Wildman–Crippen LogP) is 4.76. The Kier molecular flexibility index (Phi) is 6.61. The standard InChI is InChI=1S/C21H27ClN6O2/c1-20(2,3)30-19(29)27-13-7-5-10-21(27,9-4-6-11-23)28-15-16(14-25-28)17-8-12-24-18(22)26-17/h8,12,14-15H,4-7,9-10,13H2,1-3H3. The Hall–Kier alpha value is -2.66. The van der Waals surface area contributed by atoms with Gasteiger partial charge in [0.1, 0.15) is 11.3 Å². The van der Waals surface area contributed by atoms with E-state index >= 15 is 0 Å². The Bertz CT molecular complexity index is 932. The lowest BCUT2D eigenvalue weighted by molar-refractivity contribution is -0.0557. The van der Waals surface area contributed by atoms with E-state index in [9.17, 15) is 4.79 Å². The van der Waals surface area contributed by atoms with Gasteiger partial charge in [-0.2, -0.15) is 10.4 Å². The van der Waals surface area contributed by atoms with Crippen LogP contribution in [-0.4, -0.2) is 42.9 Å². The number of likely N-dealkylation sites (tertiary alicyclic amines) is 1. The molecule has 0 N–H and O–H groups in total. The first kappa shape index (κ1) is 22.0. The fraction of sp³-hybridized carbons (Fsp3) is 0.571. The fourth-order valence-electron chi connectivity index (χ4n) is 3.84. The van der Waals surface area contributed by atoms with Gasteiger partial charge in [0.25, 0.3) is 0 Å². The van der Waals surface area contributed by atoms with Crippen LogP contribution in [0.15, 0.2) is 24.7 Å². The number of carbonyl (C=O) groups is 1. The van der Waals surface area contributed by atoms with Gasteiger partial charge in [0.2, 0.25) is 5.28 Å². The molecule has 0 spiro atoms. The molecule has 8 nitrogen and oxygen atoms in total. The number of piperidine rings is 1. The largest absolute Gasteiger partial charge is 0.444 e. The molecule has 3 heterocycles. The molecule has 30 heavy (non-hydrogen) atoms. The third kappa shape index (κ3) is 4.90. The molecule has 0 bridgehead atoms. The molecule has 1 fully saturated rings. The van der Waals surface area contributed by atoms with E-state index in [2.05, 4.69) is 21.1 Å². The normalized spacial score (nSPS) is 19.4. The average Bonchev–Trinajstić information content (AvgIpc) is 3.18. The maximum atomic E-state index is 13.1. The van der Waals surface area contributed by atoms with Crippen molar-refractivity contribution in [2.24, 2.45) is 0 Å². The molecular formula is C21H27ClN6O2. The zero-order valence-electron chi connectivity index (χ0n) is 17.6. The summed E-state index contributed by atoms with van der Waals surface area (Å²) in [4.78, 5) is 23.1. The van der Waals surface area contributed by atoms with E-state index in [1.165, 1.54) is 0 Å². The minimum absolute atomic E-state index is 0.164. The number of ether oxygens (including phenoxy) is 1. The summed E-state index contributed by atoms with van der Waals surface area (Å²) in [6.07, 6.45) is 9.12. The molecule has 2 aromatic heterocycles. The molecule has 1 aliphatic rings. The van der Waals surface area contributed by atoms with Crippen molar-refractivity contribution in [3.8, 4) is 17.3 Å². The lowest BCUT2D eigenvalue weighted by Crippen LogP contribution is -2.57. The summed E-state index contributed by atoms with van der Waals surface area (Å²) in [7, 11) is 0. The molecule has 160 valence electrons. The lowest BCUT2D eigenvalue weighted by atomic mass is 9.90. The molecule has 3 rings (SSSR count). The number of aromatic nitrogens is 4. The quantitative estimate of drug-likeness (QED) is 0.501. The number of unbranched alkanes of at least 4 members (excludes halogenated alkanes) is 1. The maximum Gasteiger partial charge on any atom is 0.412 e. The zero-order chi connectivity index (χ0) is 21.8. The molecule has 1 aliphatic heterocycles. The summed E-state index contributed by atoms with van der Waals surface area (Å²) >= 11 is 5.94. The van der Waals surface area contributed by atoms with Crippen LogP contribution in [0, 0.1) is 11.3 Å². The van der Waals surface area contributed by atoms with Crippen molar-refractivity contribution < 1.29 is 9.53 Å². The van der Waals surface area contributed by atoms with Gasteiger partial charge >= 0.3 is 6.09 Å². The molecule has 1 atom stereocenters. The number of nitriles is 1. The second-order valence-corrected chi connectivity index (χ2v) is 8.81. The first-order chi connectivity index (χ1) is 14.2. The fourth-order valence-corrected chi connectivity index (χ4v) is 3.99. The van der Waals surface area contributed by atoms with Gasteiger partial charge in [0.15, 0.2) is 0 Å². The molecular weight excluding hydrogens is 404 g/mol. The molecule has 0 saturated carbocycles. The lowest BCUT2D eigenvalue weighted by Gasteiger charge is -2.47. The molecule has 1 amide bonds. The van der Waals surface area contributed by atoms with Gasteiger partial charge < -0.3 is 4.74 Å². The minimum atomic E-state index is -0.688. The van der Waals surface area contributed by atoms with Crippen LogP contribution in [0.2, 0.25) is 5.28 Å². The first-order valence-electron chi connectivity index (χ1n) is 10.2. The number of hydrogen-bond acceptors (Lipinski definition) is 6. The molecule has 9 heteroatoms. The third-order valence-corrected chi connectivity index (χ3v) is 5.30. The molecule has 1 saturated heterocycles. The summed E-state index contributed by atoms with van der Waals surface area (Å²) in [6, 6.07) is 3.97. The zero-order valence-corrected chi connectivity index (χ0v) is 18.4. The van der Waals surface area contributed by atoms with E-state index in [0.717, 1.165) is 24.8 Å². The highest BCUT2D eigenvalue weighted by molar-refractivity contribution is 6.28. The SMILES string of the molecule is CC(C)(C)OC(=O)N1CCCCC1(CCCC#N)n1cc(-c2ccnc(Cl)n2)cn1. The molecule has 0 radical (unpaired) electrons. The van der Waals surface area contributed by atoms with Gasteiger partial charge in [0.05, 0.1) is 18.0 Å². The van der Waals surface area contributed by atoms with E-state index in [1.54, 1.807) is 23.4 Å². The first-order valence-corrected chi connectivity index (χ1v) is 10.5. The summed E-state index contributed by atoms with van der Waals surface area (Å²) in [6.45, 7) is 6.15. The van der Waals surface area contributed by atoms with Crippen LogP contribution >= 0.6 is 11.6 Å². The number of amides is 1. The van der Waals surface area contributed by atoms with E-state index in [4.69, 9.17) is 21.6 Å². The minimum Gasteiger partial charge on any atom is -0.444 e. The van der Waals surface area contributed by atoms with Crippen LogP contribution < -0.4 is 0 Å². The van der Waals surface area contributed by atoms with E-state index in [0.29, 0.717) is 31.5 Å². The van der Waals surface area contributed by atoms with Crippen LogP contribution in [0.1, 0.15) is 59.3 Å². The third-order valence-electron chi connectivity index (χ3n) is 5.12. The topological polar surface area (TPSA) is 96.9 Å². The second-order valence-electron chi connectivity index (χ2n) is 8.47. The Morgan fingerprint density at radius 2 is 2.20 bits per heavy atom. The van der Waals surface area contributed by atoms with Gasteiger partial charge in [-0.15, -0.1) is 0 Å². The highest BCUT2D eigenvalue weighted by Gasteiger charge is 2.45. The number of halogens is 1. The summed E-state index contributed by atoms with van der Waals surface area (Å²) in [5.74, 6) is 0. The van der Waals surface area contributed by atoms with Crippen molar-refractivity contribution in [2.45, 2.75) is 70.6 Å². The van der Waals surface area contributed by atoms with Crippen molar-refractivity contribution in [3.63, 3.8) is 0 Å². The van der Waals surface area contributed by atoms with Crippen LogP contribution in [0.4, 0.5) is 4.79 Å². The number of nitrogens with zero attached hydrogens (tertiary/aromatic N) is 6. The Balaban J connectivity index is 2.00. The van der Waals surface area contributed by atoms with E-state index in [1.807, 2.05) is 31.6 Å². The van der Waals surface area contributed by atoms with Gasteiger partial charge in [0, 0.05) is 30.9 Å². The molecule has 0 aromatic carbocycles. The van der Waals surface area contributed by atoms with Crippen molar-refractivity contribution in [3.05, 3.63) is 29.9 Å². The van der Waals surface area contributed by atoms with Gasteiger partial charge in [-0.05, 0) is 70.5 Å². The smallest absolute Gasteiger partial charge is 0.412 e. The van der Waals surface area contributed by atoms with Gasteiger partial charge in [-0.3, -0.25) is 4.90 Å². The van der Waals surface area contributed by atoms with Crippen LogP contribution in [-0.2, 0) is 10.4 Å². The Labute approximate surface area is 181 Å². The Morgan fingerprint density at radius 3 is 2.90 bits per heavy atom. The van der Waals surface area contributed by atoms with Crippen LogP contribution in [0.5, 0.6) is 0 Å². The molecule has 0 aliphatic carbocycles. The van der Waals surface area contributed by atoms with Crippen LogP contribution in [0.25, 0.3) is 11.3 Å². The van der Waals surface area contributed by atoms with Crippen molar-refractivity contribution in [2.75, 3.05) is 6.54 Å². The predicted molar refractivity (Wildman–Crippen MR) is 112 cm³/mol. The summed E-state index contributed by atoms with van der Waals surface area (Å²) < 4.78 is 7.54. The summed E-state index contributed by atoms with van der Waals surface area (Å²) in [5.41, 5.74) is 0.161. The highest BCUT2D eigenvalue weighted by atomic mass is 35.5. The van der Waals surface area contributed by atoms with E-state index < -0.39 is 11.3 Å². The molecule has 1 unspecified atom stereocenters. The van der Waals surface area contributed by atoms with Crippen molar-refractivity contribution in [1.82, 2.24) is 24.6 Å². The molecule has 2 aromatic rings. The average molecular weight is 431 g/mol. The number of rotatable bonds is 5. The van der Waals surface area contributed by atoms with E-state index in [-0.39, 0.29) is 11.4 Å².